The molecule has 30 heavy (non-hydrogen) atoms. The van der Waals surface area contributed by atoms with Crippen LogP contribution in [-0.2, 0) is 19.1 Å². The van der Waals surface area contributed by atoms with Gasteiger partial charge in [0.05, 0.1) is 32.4 Å². The smallest absolute Gasteiger partial charge is 0.337 e. The van der Waals surface area contributed by atoms with Crippen molar-refractivity contribution in [1.82, 2.24) is 9.80 Å². The van der Waals surface area contributed by atoms with Crippen LogP contribution in [-0.4, -0.2) is 79.1 Å². The Labute approximate surface area is 175 Å². The monoisotopic (exact) mass is 416 g/mol. The number of nitrogens with one attached hydrogen (secondary N) is 2. The number of hydrogen-bond donors (Lipinski definition) is 3. The second kappa shape index (κ2) is 10.2. The number of nitrogens with zero attached hydrogens (tertiary/aromatic N) is 2. The molecule has 2 heterocycles. The first-order valence-electron chi connectivity index (χ1n) is 10.1. The maximum Gasteiger partial charge on any atom is 0.337 e. The zero-order valence-electron chi connectivity index (χ0n) is 17.1. The molecule has 1 fully saturated rings. The number of rotatable bonds is 8. The van der Waals surface area contributed by atoms with Crippen molar-refractivity contribution in [3.05, 3.63) is 35.5 Å². The van der Waals surface area contributed by atoms with E-state index >= 15 is 0 Å². The van der Waals surface area contributed by atoms with E-state index in [0.29, 0.717) is 17.9 Å². The predicted molar refractivity (Wildman–Crippen MR) is 112 cm³/mol. The van der Waals surface area contributed by atoms with Crippen LogP contribution >= 0.6 is 0 Å². The van der Waals surface area contributed by atoms with Gasteiger partial charge in [-0.3, -0.25) is 14.5 Å². The number of amides is 2. The summed E-state index contributed by atoms with van der Waals surface area (Å²) in [6.45, 7) is 2.31. The number of likely N-dealkylation sites (tertiary alicyclic amines) is 1. The second-order valence-corrected chi connectivity index (χ2v) is 7.38. The second-order valence-electron chi connectivity index (χ2n) is 7.38. The van der Waals surface area contributed by atoms with Crippen LogP contribution in [0, 0.1) is 0 Å². The maximum absolute atomic E-state index is 12.6. The zero-order valence-corrected chi connectivity index (χ0v) is 17.1. The summed E-state index contributed by atoms with van der Waals surface area (Å²) >= 11 is 0. The molecule has 3 rings (SSSR count). The molecule has 3 N–H and O–H groups in total. The lowest BCUT2D eigenvalue weighted by Crippen LogP contribution is -2.36. The molecule has 0 atom stereocenters. The molecule has 1 aromatic rings. The van der Waals surface area contributed by atoms with E-state index in [1.165, 1.54) is 18.4 Å². The Morgan fingerprint density at radius 2 is 1.77 bits per heavy atom. The first-order valence-corrected chi connectivity index (χ1v) is 10.1. The fourth-order valence-corrected chi connectivity index (χ4v) is 3.65. The van der Waals surface area contributed by atoms with Crippen LogP contribution in [0.3, 0.4) is 0 Å². The van der Waals surface area contributed by atoms with Crippen LogP contribution < -0.4 is 10.6 Å². The van der Waals surface area contributed by atoms with Gasteiger partial charge in [0.1, 0.15) is 5.70 Å². The number of aliphatic hydroxyl groups is 1. The fraction of sp³-hybridized carbons (Fsp3) is 0.476. The minimum absolute atomic E-state index is 0.0566. The molecule has 0 radical (unpaired) electrons. The fourth-order valence-electron chi connectivity index (χ4n) is 3.65. The summed E-state index contributed by atoms with van der Waals surface area (Å²) in [7, 11) is 1.26. The minimum Gasteiger partial charge on any atom is -0.466 e. The Hall–Kier alpha value is -2.91. The molecular weight excluding hydrogens is 388 g/mol. The maximum atomic E-state index is 12.6. The van der Waals surface area contributed by atoms with Gasteiger partial charge in [-0.1, -0.05) is 6.42 Å². The van der Waals surface area contributed by atoms with E-state index in [9.17, 15) is 14.4 Å². The minimum atomic E-state index is -0.590. The molecule has 0 aromatic heterocycles. The van der Waals surface area contributed by atoms with Gasteiger partial charge in [0, 0.05) is 17.9 Å². The molecule has 0 saturated carbocycles. The lowest BCUT2D eigenvalue weighted by molar-refractivity contribution is -0.136. The Morgan fingerprint density at radius 3 is 2.40 bits per heavy atom. The van der Waals surface area contributed by atoms with Crippen LogP contribution in [0.5, 0.6) is 0 Å². The van der Waals surface area contributed by atoms with Crippen LogP contribution in [0.1, 0.15) is 19.3 Å². The van der Waals surface area contributed by atoms with Gasteiger partial charge >= 0.3 is 5.97 Å². The number of carbonyl (C=O) groups excluding carboxylic acids is 3. The largest absolute Gasteiger partial charge is 0.466 e. The number of hydrogen-bond acceptors (Lipinski definition) is 7. The molecule has 9 heteroatoms. The van der Waals surface area contributed by atoms with E-state index in [1.54, 1.807) is 24.3 Å². The normalized spacial score (nSPS) is 17.3. The van der Waals surface area contributed by atoms with E-state index < -0.39 is 5.97 Å². The molecule has 0 aliphatic carbocycles. The van der Waals surface area contributed by atoms with E-state index in [-0.39, 0.29) is 42.8 Å². The van der Waals surface area contributed by atoms with Crippen molar-refractivity contribution in [2.45, 2.75) is 19.3 Å². The SMILES string of the molecule is COC(=O)C1=C(Nc2ccc(NC(=O)CN3CCCCC3)cc2)C(=O)N(CCO)C1. The summed E-state index contributed by atoms with van der Waals surface area (Å²) < 4.78 is 4.77. The van der Waals surface area contributed by atoms with Gasteiger partial charge in [0.15, 0.2) is 0 Å². The predicted octanol–water partition coefficient (Wildman–Crippen LogP) is 0.785. The number of anilines is 2. The molecular formula is C21H28N4O5. The first kappa shape index (κ1) is 21.8. The molecule has 2 aliphatic heterocycles. The van der Waals surface area contributed by atoms with Gasteiger partial charge < -0.3 is 25.4 Å². The van der Waals surface area contributed by atoms with Gasteiger partial charge in [0.2, 0.25) is 5.91 Å². The van der Waals surface area contributed by atoms with Gasteiger partial charge in [-0.15, -0.1) is 0 Å². The van der Waals surface area contributed by atoms with Crippen LogP contribution in [0.15, 0.2) is 35.5 Å². The van der Waals surface area contributed by atoms with Crippen molar-refractivity contribution in [3.8, 4) is 0 Å². The Balaban J connectivity index is 1.63. The summed E-state index contributed by atoms with van der Waals surface area (Å²) in [5.74, 6) is -1.02. The van der Waals surface area contributed by atoms with Crippen molar-refractivity contribution in [2.24, 2.45) is 0 Å². The first-order chi connectivity index (χ1) is 14.5. The summed E-state index contributed by atoms with van der Waals surface area (Å²) in [5, 5.41) is 15.0. The Kier molecular flexibility index (Phi) is 7.42. The number of benzene rings is 1. The van der Waals surface area contributed by atoms with Crippen LogP contribution in [0.4, 0.5) is 11.4 Å². The third-order valence-corrected chi connectivity index (χ3v) is 5.21. The average molecular weight is 416 g/mol. The molecule has 2 amide bonds. The topological polar surface area (TPSA) is 111 Å². The van der Waals surface area contributed by atoms with Crippen LogP contribution in [0.25, 0.3) is 0 Å². The Morgan fingerprint density at radius 1 is 1.10 bits per heavy atom. The number of esters is 1. The average Bonchev–Trinajstić information content (AvgIpc) is 3.05. The highest BCUT2D eigenvalue weighted by molar-refractivity contribution is 6.08. The molecule has 2 aliphatic rings. The molecule has 9 nitrogen and oxygen atoms in total. The number of β-amino-alcohol motifs (C(OH)–C–C–N with tert-alkyl or cyclic N) is 1. The van der Waals surface area contributed by atoms with Crippen molar-refractivity contribution < 1.29 is 24.2 Å². The van der Waals surface area contributed by atoms with Gasteiger partial charge in [-0.05, 0) is 50.2 Å². The summed E-state index contributed by atoms with van der Waals surface area (Å²) in [6.07, 6.45) is 3.48. The highest BCUT2D eigenvalue weighted by atomic mass is 16.5. The number of aliphatic hydroxyl groups excluding tert-OH is 1. The summed E-state index contributed by atoms with van der Waals surface area (Å²) in [4.78, 5) is 40.4. The molecule has 1 aromatic carbocycles. The van der Waals surface area contributed by atoms with Crippen molar-refractivity contribution >= 4 is 29.2 Å². The molecule has 0 bridgehead atoms. The zero-order chi connectivity index (χ0) is 21.5. The van der Waals surface area contributed by atoms with E-state index in [4.69, 9.17) is 9.84 Å². The number of piperidine rings is 1. The molecule has 0 spiro atoms. The molecule has 162 valence electrons. The molecule has 0 unspecified atom stereocenters. The van der Waals surface area contributed by atoms with Crippen LogP contribution in [0.2, 0.25) is 0 Å². The standard InChI is InChI=1S/C21H28N4O5/c1-30-21(29)17-13-25(11-12-26)20(28)19(17)23-16-7-5-15(6-8-16)22-18(27)14-24-9-3-2-4-10-24/h5-8,23,26H,2-4,9-14H2,1H3,(H,22,27). The third kappa shape index (κ3) is 5.37. The number of ether oxygens (including phenoxy) is 1. The summed E-state index contributed by atoms with van der Waals surface area (Å²) in [6, 6.07) is 6.92. The quantitative estimate of drug-likeness (QED) is 0.537. The lowest BCUT2D eigenvalue weighted by Gasteiger charge is -2.25. The number of methoxy groups -OCH3 is 1. The van der Waals surface area contributed by atoms with E-state index in [1.807, 2.05) is 0 Å². The number of carbonyl (C=O) groups is 3. The Bertz CT molecular complexity index is 815. The van der Waals surface area contributed by atoms with Gasteiger partial charge in [-0.25, -0.2) is 4.79 Å². The van der Waals surface area contributed by atoms with E-state index in [0.717, 1.165) is 25.9 Å². The summed E-state index contributed by atoms with van der Waals surface area (Å²) in [5.41, 5.74) is 1.61. The van der Waals surface area contributed by atoms with Crippen molar-refractivity contribution in [2.75, 3.05) is 57.1 Å². The van der Waals surface area contributed by atoms with Crippen molar-refractivity contribution in [1.29, 1.82) is 0 Å². The molecule has 1 saturated heterocycles. The van der Waals surface area contributed by atoms with Gasteiger partial charge in [0.25, 0.3) is 5.91 Å². The highest BCUT2D eigenvalue weighted by Crippen LogP contribution is 2.23. The lowest BCUT2D eigenvalue weighted by atomic mass is 10.1. The highest BCUT2D eigenvalue weighted by Gasteiger charge is 2.34. The van der Waals surface area contributed by atoms with Gasteiger partial charge in [-0.2, -0.15) is 0 Å². The third-order valence-electron chi connectivity index (χ3n) is 5.21. The van der Waals surface area contributed by atoms with E-state index in [2.05, 4.69) is 15.5 Å². The van der Waals surface area contributed by atoms with Crippen molar-refractivity contribution in [3.63, 3.8) is 0 Å².